The van der Waals surface area contributed by atoms with Crippen molar-refractivity contribution in [1.29, 1.82) is 0 Å². The van der Waals surface area contributed by atoms with Crippen LogP contribution in [0, 0.1) is 0 Å². The standard InChI is InChI=1S/C18H17NO3/c1-21-12-5-7-14-15-8-6-13(22-2)10-17(15)19(11-3-4-11)18(20)16(14)9-12/h5-11H,3-4H2,1-2H3. The summed E-state index contributed by atoms with van der Waals surface area (Å²) < 4.78 is 12.5. The number of hydrogen-bond acceptors (Lipinski definition) is 3. The summed E-state index contributed by atoms with van der Waals surface area (Å²) in [6.07, 6.45) is 2.11. The SMILES string of the molecule is COc1ccc2c(c1)c(=O)n(C1CC1)c1cc(OC)ccc21. The largest absolute Gasteiger partial charge is 0.497 e. The molecule has 3 aromatic rings. The number of fused-ring (bicyclic) bond motifs is 3. The maximum absolute atomic E-state index is 13.0. The molecular formula is C18H17NO3. The Labute approximate surface area is 127 Å². The molecule has 1 heterocycles. The lowest BCUT2D eigenvalue weighted by molar-refractivity contribution is 0.415. The zero-order valence-corrected chi connectivity index (χ0v) is 12.6. The monoisotopic (exact) mass is 295 g/mol. The molecule has 0 amide bonds. The molecule has 4 heteroatoms. The van der Waals surface area contributed by atoms with Gasteiger partial charge in [0.2, 0.25) is 0 Å². The highest BCUT2D eigenvalue weighted by Gasteiger charge is 2.27. The van der Waals surface area contributed by atoms with Crippen LogP contribution >= 0.6 is 0 Å². The first-order valence-corrected chi connectivity index (χ1v) is 7.43. The van der Waals surface area contributed by atoms with Gasteiger partial charge < -0.3 is 14.0 Å². The molecule has 0 saturated heterocycles. The van der Waals surface area contributed by atoms with Gasteiger partial charge in [-0.05, 0) is 48.6 Å². The Morgan fingerprint density at radius 1 is 0.909 bits per heavy atom. The summed E-state index contributed by atoms with van der Waals surface area (Å²) in [7, 11) is 3.26. The summed E-state index contributed by atoms with van der Waals surface area (Å²) in [6, 6.07) is 11.9. The summed E-state index contributed by atoms with van der Waals surface area (Å²) in [5, 5.41) is 2.74. The quantitative estimate of drug-likeness (QED) is 0.694. The van der Waals surface area contributed by atoms with Gasteiger partial charge in [0.25, 0.3) is 5.56 Å². The average molecular weight is 295 g/mol. The van der Waals surface area contributed by atoms with E-state index in [1.807, 2.05) is 41.0 Å². The molecule has 0 bridgehead atoms. The Bertz CT molecular complexity index is 938. The fourth-order valence-electron chi connectivity index (χ4n) is 3.06. The average Bonchev–Trinajstić information content (AvgIpc) is 3.39. The van der Waals surface area contributed by atoms with Gasteiger partial charge in [0.15, 0.2) is 0 Å². The maximum Gasteiger partial charge on any atom is 0.259 e. The lowest BCUT2D eigenvalue weighted by Gasteiger charge is -2.14. The highest BCUT2D eigenvalue weighted by Crippen LogP contribution is 2.38. The van der Waals surface area contributed by atoms with Crippen LogP contribution in [0.5, 0.6) is 11.5 Å². The lowest BCUT2D eigenvalue weighted by Crippen LogP contribution is -2.20. The Balaban J connectivity index is 2.18. The predicted molar refractivity (Wildman–Crippen MR) is 87.1 cm³/mol. The smallest absolute Gasteiger partial charge is 0.259 e. The van der Waals surface area contributed by atoms with Crippen molar-refractivity contribution >= 4 is 21.7 Å². The Hall–Kier alpha value is -2.49. The summed E-state index contributed by atoms with van der Waals surface area (Å²) in [5.41, 5.74) is 1.00. The number of methoxy groups -OCH3 is 2. The minimum Gasteiger partial charge on any atom is -0.497 e. The van der Waals surface area contributed by atoms with Crippen LogP contribution in [0.1, 0.15) is 18.9 Å². The molecule has 2 aromatic carbocycles. The van der Waals surface area contributed by atoms with E-state index in [-0.39, 0.29) is 5.56 Å². The van der Waals surface area contributed by atoms with E-state index >= 15 is 0 Å². The second kappa shape index (κ2) is 4.77. The van der Waals surface area contributed by atoms with Gasteiger partial charge in [-0.3, -0.25) is 4.79 Å². The van der Waals surface area contributed by atoms with E-state index in [0.29, 0.717) is 17.2 Å². The van der Waals surface area contributed by atoms with E-state index in [1.165, 1.54) is 0 Å². The van der Waals surface area contributed by atoms with Crippen LogP contribution in [0.4, 0.5) is 0 Å². The third kappa shape index (κ3) is 1.87. The highest BCUT2D eigenvalue weighted by atomic mass is 16.5. The number of ether oxygens (including phenoxy) is 2. The Kier molecular flexibility index (Phi) is 2.86. The molecule has 0 unspecified atom stereocenters. The van der Waals surface area contributed by atoms with Crippen LogP contribution < -0.4 is 15.0 Å². The molecular weight excluding hydrogens is 278 g/mol. The van der Waals surface area contributed by atoms with Gasteiger partial charge >= 0.3 is 0 Å². The molecule has 1 aliphatic rings. The first-order chi connectivity index (χ1) is 10.7. The fourth-order valence-corrected chi connectivity index (χ4v) is 3.06. The van der Waals surface area contributed by atoms with Crippen molar-refractivity contribution in [2.24, 2.45) is 0 Å². The van der Waals surface area contributed by atoms with Gasteiger partial charge in [0, 0.05) is 17.5 Å². The summed E-state index contributed by atoms with van der Waals surface area (Å²) in [4.78, 5) is 13.0. The van der Waals surface area contributed by atoms with Crippen molar-refractivity contribution < 1.29 is 9.47 Å². The second-order valence-electron chi connectivity index (χ2n) is 5.70. The van der Waals surface area contributed by atoms with Crippen LogP contribution in [-0.2, 0) is 0 Å². The van der Waals surface area contributed by atoms with E-state index in [2.05, 4.69) is 0 Å². The molecule has 4 rings (SSSR count). The van der Waals surface area contributed by atoms with Gasteiger partial charge in [-0.15, -0.1) is 0 Å². The number of aromatic nitrogens is 1. The minimum atomic E-state index is 0.0529. The molecule has 1 saturated carbocycles. The molecule has 112 valence electrons. The molecule has 0 atom stereocenters. The van der Waals surface area contributed by atoms with E-state index in [4.69, 9.17) is 9.47 Å². The van der Waals surface area contributed by atoms with Crippen molar-refractivity contribution in [3.63, 3.8) is 0 Å². The number of rotatable bonds is 3. The van der Waals surface area contributed by atoms with Crippen molar-refractivity contribution in [2.45, 2.75) is 18.9 Å². The fraction of sp³-hybridized carbons (Fsp3) is 0.278. The van der Waals surface area contributed by atoms with Crippen LogP contribution in [0.25, 0.3) is 21.7 Å². The second-order valence-corrected chi connectivity index (χ2v) is 5.70. The molecule has 0 N–H and O–H groups in total. The zero-order valence-electron chi connectivity index (χ0n) is 12.6. The third-order valence-corrected chi connectivity index (χ3v) is 4.34. The highest BCUT2D eigenvalue weighted by molar-refractivity contribution is 6.06. The minimum absolute atomic E-state index is 0.0529. The molecule has 4 nitrogen and oxygen atoms in total. The molecule has 1 aromatic heterocycles. The van der Waals surface area contributed by atoms with Crippen molar-refractivity contribution in [3.05, 3.63) is 46.8 Å². The number of pyridine rings is 1. The molecule has 1 aliphatic carbocycles. The number of hydrogen-bond donors (Lipinski definition) is 0. The van der Waals surface area contributed by atoms with Crippen LogP contribution in [0.15, 0.2) is 41.2 Å². The van der Waals surface area contributed by atoms with Gasteiger partial charge in [-0.25, -0.2) is 0 Å². The molecule has 0 aliphatic heterocycles. The normalized spacial score (nSPS) is 14.5. The van der Waals surface area contributed by atoms with Gasteiger partial charge in [0.1, 0.15) is 11.5 Å². The van der Waals surface area contributed by atoms with E-state index in [0.717, 1.165) is 34.9 Å². The van der Waals surface area contributed by atoms with Crippen LogP contribution in [0.2, 0.25) is 0 Å². The Morgan fingerprint density at radius 3 is 2.18 bits per heavy atom. The molecule has 22 heavy (non-hydrogen) atoms. The first kappa shape index (κ1) is 13.2. The van der Waals surface area contributed by atoms with Crippen molar-refractivity contribution in [3.8, 4) is 11.5 Å². The number of nitrogens with zero attached hydrogens (tertiary/aromatic N) is 1. The lowest BCUT2D eigenvalue weighted by atomic mass is 10.1. The first-order valence-electron chi connectivity index (χ1n) is 7.43. The number of benzene rings is 2. The Morgan fingerprint density at radius 2 is 1.55 bits per heavy atom. The van der Waals surface area contributed by atoms with E-state index in [9.17, 15) is 4.79 Å². The van der Waals surface area contributed by atoms with E-state index in [1.54, 1.807) is 14.2 Å². The zero-order chi connectivity index (χ0) is 15.3. The summed E-state index contributed by atoms with van der Waals surface area (Å²) >= 11 is 0. The summed E-state index contributed by atoms with van der Waals surface area (Å²) in [6.45, 7) is 0. The molecule has 1 fully saturated rings. The van der Waals surface area contributed by atoms with Gasteiger partial charge in [-0.2, -0.15) is 0 Å². The molecule has 0 spiro atoms. The maximum atomic E-state index is 13.0. The van der Waals surface area contributed by atoms with Crippen molar-refractivity contribution in [2.75, 3.05) is 14.2 Å². The topological polar surface area (TPSA) is 40.5 Å². The third-order valence-electron chi connectivity index (χ3n) is 4.34. The van der Waals surface area contributed by atoms with Crippen LogP contribution in [-0.4, -0.2) is 18.8 Å². The van der Waals surface area contributed by atoms with Gasteiger partial charge in [0.05, 0.1) is 25.1 Å². The van der Waals surface area contributed by atoms with E-state index < -0.39 is 0 Å². The van der Waals surface area contributed by atoms with Crippen molar-refractivity contribution in [1.82, 2.24) is 4.57 Å². The molecule has 0 radical (unpaired) electrons. The predicted octanol–water partition coefficient (Wildman–Crippen LogP) is 3.51. The summed E-state index contributed by atoms with van der Waals surface area (Å²) in [5.74, 6) is 1.48. The van der Waals surface area contributed by atoms with Crippen LogP contribution in [0.3, 0.4) is 0 Å². The van der Waals surface area contributed by atoms with Gasteiger partial charge in [-0.1, -0.05) is 0 Å².